The Morgan fingerprint density at radius 2 is 2.11 bits per heavy atom. The number of thiophene rings is 1. The molecule has 3 heterocycles. The van der Waals surface area contributed by atoms with Gasteiger partial charge < -0.3 is 10.1 Å². The number of aromatic nitrogens is 4. The van der Waals surface area contributed by atoms with Gasteiger partial charge in [-0.2, -0.15) is 5.10 Å². The van der Waals surface area contributed by atoms with E-state index in [9.17, 15) is 13.2 Å². The number of methoxy groups -OCH3 is 1. The molecule has 142 valence electrons. The van der Waals surface area contributed by atoms with Gasteiger partial charge in [-0.3, -0.25) is 0 Å². The number of hydrogen-bond acceptors (Lipinski definition) is 9. The number of ether oxygens (including phenoxy) is 1. The van der Waals surface area contributed by atoms with Crippen LogP contribution in [-0.4, -0.2) is 54.6 Å². The highest BCUT2D eigenvalue weighted by Crippen LogP contribution is 2.22. The molecule has 3 aromatic rings. The van der Waals surface area contributed by atoms with E-state index in [2.05, 4.69) is 30.1 Å². The molecular weight excluding hydrogens is 392 g/mol. The number of nitrogens with zero attached hydrogens (tertiary/aromatic N) is 4. The van der Waals surface area contributed by atoms with E-state index in [-0.39, 0.29) is 22.9 Å². The molecular formula is C15H16N6O4S2. The molecule has 0 amide bonds. The lowest BCUT2D eigenvalue weighted by Gasteiger charge is -2.08. The second kappa shape index (κ2) is 8.24. The van der Waals surface area contributed by atoms with Crippen LogP contribution in [0.3, 0.4) is 0 Å². The third kappa shape index (κ3) is 4.48. The van der Waals surface area contributed by atoms with E-state index >= 15 is 0 Å². The molecule has 0 saturated carbocycles. The fourth-order valence-corrected chi connectivity index (χ4v) is 4.51. The molecule has 0 saturated heterocycles. The molecule has 0 aliphatic rings. The molecule has 0 radical (unpaired) electrons. The molecule has 2 N–H and O–H groups in total. The van der Waals surface area contributed by atoms with Crippen LogP contribution in [0.2, 0.25) is 0 Å². The lowest BCUT2D eigenvalue weighted by atomic mass is 10.5. The third-order valence-electron chi connectivity index (χ3n) is 3.40. The van der Waals surface area contributed by atoms with Gasteiger partial charge in [-0.1, -0.05) is 0 Å². The monoisotopic (exact) mass is 408 g/mol. The maximum absolute atomic E-state index is 12.3. The summed E-state index contributed by atoms with van der Waals surface area (Å²) in [5, 5.41) is 16.6. The lowest BCUT2D eigenvalue weighted by molar-refractivity contribution is 0.0602. The van der Waals surface area contributed by atoms with Crippen molar-refractivity contribution in [3.63, 3.8) is 0 Å². The van der Waals surface area contributed by atoms with E-state index in [1.54, 1.807) is 35.3 Å². The number of anilines is 1. The van der Waals surface area contributed by atoms with Crippen molar-refractivity contribution in [2.24, 2.45) is 0 Å². The van der Waals surface area contributed by atoms with Crippen LogP contribution in [-0.2, 0) is 14.8 Å². The van der Waals surface area contributed by atoms with Gasteiger partial charge in [-0.05, 0) is 29.6 Å². The first kappa shape index (κ1) is 18.9. The Labute approximate surface area is 159 Å². The average Bonchev–Trinajstić information content (AvgIpc) is 3.37. The zero-order valence-corrected chi connectivity index (χ0v) is 15.8. The Morgan fingerprint density at radius 1 is 1.26 bits per heavy atom. The van der Waals surface area contributed by atoms with Crippen molar-refractivity contribution in [1.29, 1.82) is 0 Å². The molecule has 0 aromatic carbocycles. The molecule has 0 aliphatic carbocycles. The Kier molecular flexibility index (Phi) is 5.78. The number of carbonyl (C=O) groups is 1. The van der Waals surface area contributed by atoms with Crippen LogP contribution in [0, 0.1) is 0 Å². The van der Waals surface area contributed by atoms with Gasteiger partial charge in [0.15, 0.2) is 5.82 Å². The molecule has 10 nitrogen and oxygen atoms in total. The molecule has 12 heteroatoms. The Balaban J connectivity index is 1.54. The fourth-order valence-electron chi connectivity index (χ4n) is 2.15. The smallest absolute Gasteiger partial charge is 0.349 e. The van der Waals surface area contributed by atoms with Crippen LogP contribution in [0.1, 0.15) is 9.67 Å². The summed E-state index contributed by atoms with van der Waals surface area (Å²) in [6, 6.07) is 6.60. The van der Waals surface area contributed by atoms with Gasteiger partial charge in [-0.25, -0.2) is 22.6 Å². The molecule has 27 heavy (non-hydrogen) atoms. The molecule has 0 fully saturated rings. The summed E-state index contributed by atoms with van der Waals surface area (Å²) >= 11 is 1.01. The van der Waals surface area contributed by atoms with E-state index < -0.39 is 16.0 Å². The molecule has 0 aliphatic heterocycles. The van der Waals surface area contributed by atoms with Crippen molar-refractivity contribution in [1.82, 2.24) is 24.7 Å². The quantitative estimate of drug-likeness (QED) is 0.416. The maximum Gasteiger partial charge on any atom is 0.349 e. The molecule has 0 atom stereocenters. The van der Waals surface area contributed by atoms with Crippen molar-refractivity contribution >= 4 is 33.1 Å². The van der Waals surface area contributed by atoms with Gasteiger partial charge in [0, 0.05) is 25.5 Å². The average molecular weight is 408 g/mol. The van der Waals surface area contributed by atoms with E-state index in [4.69, 9.17) is 0 Å². The number of hydrogen-bond donors (Lipinski definition) is 2. The van der Waals surface area contributed by atoms with Gasteiger partial charge in [0.2, 0.25) is 10.0 Å². The highest BCUT2D eigenvalue weighted by molar-refractivity contribution is 7.89. The van der Waals surface area contributed by atoms with Crippen LogP contribution in [0.15, 0.2) is 46.9 Å². The van der Waals surface area contributed by atoms with Gasteiger partial charge in [0.1, 0.15) is 15.6 Å². The molecule has 0 bridgehead atoms. The molecule has 3 rings (SSSR count). The lowest BCUT2D eigenvalue weighted by Crippen LogP contribution is -2.29. The van der Waals surface area contributed by atoms with Crippen molar-refractivity contribution in [2.45, 2.75) is 4.90 Å². The number of carbonyl (C=O) groups excluding carboxylic acids is 1. The van der Waals surface area contributed by atoms with Crippen LogP contribution >= 0.6 is 11.3 Å². The minimum Gasteiger partial charge on any atom is -0.465 e. The Hall–Kier alpha value is -2.83. The van der Waals surface area contributed by atoms with Crippen LogP contribution in [0.5, 0.6) is 0 Å². The molecule has 0 unspecified atom stereocenters. The first-order valence-electron chi connectivity index (χ1n) is 7.74. The summed E-state index contributed by atoms with van der Waals surface area (Å²) in [7, 11) is -2.62. The molecule has 3 aromatic heterocycles. The predicted molar refractivity (Wildman–Crippen MR) is 98.5 cm³/mol. The highest BCUT2D eigenvalue weighted by atomic mass is 32.2. The Bertz CT molecular complexity index is 999. The number of esters is 1. The first-order valence-corrected chi connectivity index (χ1v) is 10.1. The van der Waals surface area contributed by atoms with Gasteiger partial charge in [-0.15, -0.1) is 21.5 Å². The summed E-state index contributed by atoms with van der Waals surface area (Å²) in [6.45, 7) is 0.383. The maximum atomic E-state index is 12.3. The normalized spacial score (nSPS) is 11.3. The predicted octanol–water partition coefficient (Wildman–Crippen LogP) is 0.901. The fraction of sp³-hybridized carbons (Fsp3) is 0.200. The minimum atomic E-state index is -3.82. The standard InChI is InChI=1S/C15H16N6O4S2/c1-25-15(22)14-11(5-10-26-14)27(23,24)18-8-7-16-12-3-4-13(20-19-12)21-9-2-6-17-21/h2-6,9-10,18H,7-8H2,1H3,(H,16,19). The largest absolute Gasteiger partial charge is 0.465 e. The van der Waals surface area contributed by atoms with Gasteiger partial charge in [0.05, 0.1) is 7.11 Å². The number of sulfonamides is 1. The third-order valence-corrected chi connectivity index (χ3v) is 5.93. The van der Waals surface area contributed by atoms with Crippen molar-refractivity contribution < 1.29 is 17.9 Å². The van der Waals surface area contributed by atoms with Gasteiger partial charge in [0.25, 0.3) is 0 Å². The van der Waals surface area contributed by atoms with E-state index in [0.29, 0.717) is 11.6 Å². The van der Waals surface area contributed by atoms with Crippen molar-refractivity contribution in [2.75, 3.05) is 25.5 Å². The van der Waals surface area contributed by atoms with E-state index in [0.717, 1.165) is 11.3 Å². The van der Waals surface area contributed by atoms with Crippen LogP contribution < -0.4 is 10.0 Å². The van der Waals surface area contributed by atoms with Crippen molar-refractivity contribution in [3.8, 4) is 5.82 Å². The second-order valence-electron chi connectivity index (χ2n) is 5.16. The van der Waals surface area contributed by atoms with Gasteiger partial charge >= 0.3 is 5.97 Å². The summed E-state index contributed by atoms with van der Waals surface area (Å²) in [6.07, 6.45) is 3.39. The minimum absolute atomic E-state index is 0.0398. The summed E-state index contributed by atoms with van der Waals surface area (Å²) < 4.78 is 33.3. The van der Waals surface area contributed by atoms with Crippen LogP contribution in [0.4, 0.5) is 5.82 Å². The van der Waals surface area contributed by atoms with E-state index in [1.807, 2.05) is 0 Å². The van der Waals surface area contributed by atoms with Crippen molar-refractivity contribution in [3.05, 3.63) is 46.9 Å². The second-order valence-corrected chi connectivity index (χ2v) is 7.81. The number of nitrogens with one attached hydrogen (secondary N) is 2. The van der Waals surface area contributed by atoms with E-state index in [1.165, 1.54) is 18.6 Å². The zero-order valence-electron chi connectivity index (χ0n) is 14.2. The summed E-state index contributed by atoms with van der Waals surface area (Å²) in [4.78, 5) is 11.6. The number of rotatable bonds is 8. The summed E-state index contributed by atoms with van der Waals surface area (Å²) in [5.41, 5.74) is 0. The first-order chi connectivity index (χ1) is 13.0. The SMILES string of the molecule is COC(=O)c1sccc1S(=O)(=O)NCCNc1ccc(-n2cccn2)nn1. The zero-order chi connectivity index (χ0) is 19.3. The molecule has 0 spiro atoms. The van der Waals surface area contributed by atoms with Crippen LogP contribution in [0.25, 0.3) is 5.82 Å². The topological polar surface area (TPSA) is 128 Å². The summed E-state index contributed by atoms with van der Waals surface area (Å²) in [5.74, 6) is 0.381. The highest BCUT2D eigenvalue weighted by Gasteiger charge is 2.24. The Morgan fingerprint density at radius 3 is 2.78 bits per heavy atom.